The molecule has 6 heteroatoms. The van der Waals surface area contributed by atoms with Crippen LogP contribution in [0.5, 0.6) is 0 Å². The summed E-state index contributed by atoms with van der Waals surface area (Å²) in [6, 6.07) is 3.33. The molecule has 5 nitrogen and oxygen atoms in total. The Morgan fingerprint density at radius 3 is 2.38 bits per heavy atom. The highest BCUT2D eigenvalue weighted by Crippen LogP contribution is 2.26. The molecule has 118 valence electrons. The van der Waals surface area contributed by atoms with Crippen LogP contribution in [0.15, 0.2) is 17.0 Å². The molecular formula is C15H24N2O3S. The van der Waals surface area contributed by atoms with Gasteiger partial charge in [-0.1, -0.05) is 12.8 Å². The Morgan fingerprint density at radius 1 is 1.24 bits per heavy atom. The maximum atomic E-state index is 12.5. The molecule has 21 heavy (non-hydrogen) atoms. The Morgan fingerprint density at radius 2 is 1.81 bits per heavy atom. The molecule has 0 heterocycles. The van der Waals surface area contributed by atoms with Crippen molar-refractivity contribution in [1.82, 2.24) is 4.72 Å². The van der Waals surface area contributed by atoms with E-state index in [0.29, 0.717) is 21.7 Å². The van der Waals surface area contributed by atoms with E-state index in [1.165, 1.54) is 0 Å². The first-order valence-corrected chi connectivity index (χ1v) is 8.84. The number of nitrogens with one attached hydrogen (secondary N) is 1. The number of aliphatic hydroxyl groups excluding tert-OH is 1. The molecule has 1 fully saturated rings. The van der Waals surface area contributed by atoms with Gasteiger partial charge < -0.3 is 10.8 Å². The standard InChI is InChI=1S/C15H24N2O3S/c1-10-7-13(16)8-11(2)15(10)21(19,20)17-9-12-5-3-4-6-14(12)18/h7-8,12,14,17-18H,3-6,9,16H2,1-2H3. The van der Waals surface area contributed by atoms with E-state index < -0.39 is 16.1 Å². The fraction of sp³-hybridized carbons (Fsp3) is 0.600. The lowest BCUT2D eigenvalue weighted by Gasteiger charge is -2.27. The maximum Gasteiger partial charge on any atom is 0.241 e. The van der Waals surface area contributed by atoms with Gasteiger partial charge in [-0.3, -0.25) is 0 Å². The Kier molecular flexibility index (Phi) is 4.91. The second kappa shape index (κ2) is 6.34. The molecule has 0 aliphatic heterocycles. The first-order valence-electron chi connectivity index (χ1n) is 7.35. The molecule has 2 rings (SSSR count). The van der Waals surface area contributed by atoms with E-state index in [-0.39, 0.29) is 12.5 Å². The Labute approximate surface area is 126 Å². The van der Waals surface area contributed by atoms with Gasteiger partial charge >= 0.3 is 0 Å². The van der Waals surface area contributed by atoms with Crippen LogP contribution in [0.3, 0.4) is 0 Å². The first kappa shape index (κ1) is 16.3. The van der Waals surface area contributed by atoms with Gasteiger partial charge in [0.15, 0.2) is 0 Å². The lowest BCUT2D eigenvalue weighted by molar-refractivity contribution is 0.0724. The largest absolute Gasteiger partial charge is 0.399 e. The SMILES string of the molecule is Cc1cc(N)cc(C)c1S(=O)(=O)NCC1CCCCC1O. The van der Waals surface area contributed by atoms with Crippen molar-refractivity contribution in [2.75, 3.05) is 12.3 Å². The lowest BCUT2D eigenvalue weighted by atomic mass is 9.87. The molecule has 1 saturated carbocycles. The molecule has 0 saturated heterocycles. The van der Waals surface area contributed by atoms with Crippen LogP contribution in [0.2, 0.25) is 0 Å². The van der Waals surface area contributed by atoms with E-state index in [1.807, 2.05) is 0 Å². The number of rotatable bonds is 4. The summed E-state index contributed by atoms with van der Waals surface area (Å²) in [6.07, 6.45) is 3.27. The second-order valence-corrected chi connectivity index (χ2v) is 7.65. The van der Waals surface area contributed by atoms with Crippen LogP contribution in [0, 0.1) is 19.8 Å². The van der Waals surface area contributed by atoms with Crippen molar-refractivity contribution >= 4 is 15.7 Å². The van der Waals surface area contributed by atoms with Gasteiger partial charge in [-0.05, 0) is 55.9 Å². The Bertz CT molecular complexity index is 590. The smallest absolute Gasteiger partial charge is 0.241 e. The number of nitrogen functional groups attached to an aromatic ring is 1. The second-order valence-electron chi connectivity index (χ2n) is 5.95. The number of anilines is 1. The number of aliphatic hydroxyl groups is 1. The summed E-state index contributed by atoms with van der Waals surface area (Å²) in [6.45, 7) is 3.77. The van der Waals surface area contributed by atoms with Crippen LogP contribution in [0.1, 0.15) is 36.8 Å². The number of nitrogens with two attached hydrogens (primary N) is 1. The van der Waals surface area contributed by atoms with E-state index in [2.05, 4.69) is 4.72 Å². The van der Waals surface area contributed by atoms with Crippen molar-refractivity contribution in [2.45, 2.75) is 50.5 Å². The third-order valence-electron chi connectivity index (χ3n) is 4.16. The van der Waals surface area contributed by atoms with Crippen LogP contribution < -0.4 is 10.5 Å². The molecule has 0 bridgehead atoms. The molecule has 0 spiro atoms. The summed E-state index contributed by atoms with van der Waals surface area (Å²) in [4.78, 5) is 0.294. The highest BCUT2D eigenvalue weighted by Gasteiger charge is 2.26. The molecular weight excluding hydrogens is 288 g/mol. The minimum atomic E-state index is -3.58. The molecule has 1 aromatic carbocycles. The summed E-state index contributed by atoms with van der Waals surface area (Å²) in [5, 5.41) is 9.93. The van der Waals surface area contributed by atoms with Gasteiger partial charge in [0.25, 0.3) is 0 Å². The van der Waals surface area contributed by atoms with E-state index >= 15 is 0 Å². The number of aryl methyl sites for hydroxylation is 2. The highest BCUT2D eigenvalue weighted by molar-refractivity contribution is 7.89. The van der Waals surface area contributed by atoms with Gasteiger partial charge in [-0.25, -0.2) is 13.1 Å². The third-order valence-corrected chi connectivity index (χ3v) is 5.88. The predicted molar refractivity (Wildman–Crippen MR) is 83.5 cm³/mol. The monoisotopic (exact) mass is 312 g/mol. The Hall–Kier alpha value is -1.11. The molecule has 2 unspecified atom stereocenters. The molecule has 2 atom stereocenters. The fourth-order valence-electron chi connectivity index (χ4n) is 3.12. The zero-order valence-corrected chi connectivity index (χ0v) is 13.4. The highest BCUT2D eigenvalue weighted by atomic mass is 32.2. The van der Waals surface area contributed by atoms with Crippen molar-refractivity contribution in [2.24, 2.45) is 5.92 Å². The molecule has 1 aliphatic carbocycles. The normalized spacial score (nSPS) is 23.2. The average Bonchev–Trinajstić information content (AvgIpc) is 2.36. The predicted octanol–water partition coefficient (Wildman–Crippen LogP) is 1.72. The first-order chi connectivity index (χ1) is 9.81. The number of hydrogen-bond acceptors (Lipinski definition) is 4. The van der Waals surface area contributed by atoms with Gasteiger partial charge in [0, 0.05) is 12.2 Å². The van der Waals surface area contributed by atoms with Crippen LogP contribution in [-0.4, -0.2) is 26.2 Å². The van der Waals surface area contributed by atoms with Crippen molar-refractivity contribution in [3.05, 3.63) is 23.3 Å². The zero-order chi connectivity index (χ0) is 15.6. The van der Waals surface area contributed by atoms with Gasteiger partial charge in [-0.15, -0.1) is 0 Å². The lowest BCUT2D eigenvalue weighted by Crippen LogP contribution is -2.37. The van der Waals surface area contributed by atoms with Crippen molar-refractivity contribution < 1.29 is 13.5 Å². The van der Waals surface area contributed by atoms with Crippen LogP contribution >= 0.6 is 0 Å². The molecule has 1 aromatic rings. The summed E-state index contributed by atoms with van der Waals surface area (Å²) < 4.78 is 27.6. The average molecular weight is 312 g/mol. The van der Waals surface area contributed by atoms with Crippen LogP contribution in [0.25, 0.3) is 0 Å². The van der Waals surface area contributed by atoms with E-state index in [4.69, 9.17) is 5.73 Å². The topological polar surface area (TPSA) is 92.4 Å². The Balaban J connectivity index is 2.15. The quantitative estimate of drug-likeness (QED) is 0.738. The van der Waals surface area contributed by atoms with Crippen LogP contribution in [0.4, 0.5) is 5.69 Å². The molecule has 1 aliphatic rings. The van der Waals surface area contributed by atoms with Crippen molar-refractivity contribution in [3.8, 4) is 0 Å². The van der Waals surface area contributed by atoms with Gasteiger partial charge in [0.05, 0.1) is 11.0 Å². The van der Waals surface area contributed by atoms with Gasteiger partial charge in [-0.2, -0.15) is 0 Å². The molecule has 0 aromatic heterocycles. The minimum absolute atomic E-state index is 0.00270. The fourth-order valence-corrected chi connectivity index (χ4v) is 4.67. The summed E-state index contributed by atoms with van der Waals surface area (Å²) in [5.41, 5.74) is 7.58. The molecule has 4 N–H and O–H groups in total. The van der Waals surface area contributed by atoms with Crippen molar-refractivity contribution in [1.29, 1.82) is 0 Å². The number of sulfonamides is 1. The summed E-state index contributed by atoms with van der Waals surface area (Å²) in [7, 11) is -3.58. The number of benzene rings is 1. The minimum Gasteiger partial charge on any atom is -0.399 e. The van der Waals surface area contributed by atoms with E-state index in [9.17, 15) is 13.5 Å². The van der Waals surface area contributed by atoms with E-state index in [0.717, 1.165) is 25.7 Å². The van der Waals surface area contributed by atoms with E-state index in [1.54, 1.807) is 26.0 Å². The third kappa shape index (κ3) is 3.75. The molecule has 0 amide bonds. The van der Waals surface area contributed by atoms with Gasteiger partial charge in [0.2, 0.25) is 10.0 Å². The molecule has 0 radical (unpaired) electrons. The van der Waals surface area contributed by atoms with Crippen LogP contribution in [-0.2, 0) is 10.0 Å². The maximum absolute atomic E-state index is 12.5. The summed E-state index contributed by atoms with van der Waals surface area (Å²) >= 11 is 0. The summed E-state index contributed by atoms with van der Waals surface area (Å²) in [5.74, 6) is 0.00270. The zero-order valence-electron chi connectivity index (χ0n) is 12.6. The van der Waals surface area contributed by atoms with Gasteiger partial charge in [0.1, 0.15) is 0 Å². The van der Waals surface area contributed by atoms with Crippen molar-refractivity contribution in [3.63, 3.8) is 0 Å². The number of hydrogen-bond donors (Lipinski definition) is 3.